The number of aromatic nitrogens is 5. The molecule has 0 fully saturated rings. The average Bonchev–Trinajstić information content (AvgIpc) is 3.48. The molecule has 0 atom stereocenters. The van der Waals surface area contributed by atoms with Gasteiger partial charge in [0.1, 0.15) is 0 Å². The fourth-order valence-corrected chi connectivity index (χ4v) is 7.99. The first-order valence-corrected chi connectivity index (χ1v) is 18.7. The van der Waals surface area contributed by atoms with Gasteiger partial charge in [-0.15, -0.1) is 0 Å². The average molecular weight is 722 g/mol. The number of nitrogens with zero attached hydrogens (tertiary/aromatic N) is 5. The first-order chi connectivity index (χ1) is 27.5. The van der Waals surface area contributed by atoms with Crippen LogP contribution in [0.3, 0.4) is 0 Å². The topological polar surface area (TPSA) is 65.6 Å². The summed E-state index contributed by atoms with van der Waals surface area (Å²) in [5.74, 6) is 1.82. The van der Waals surface area contributed by atoms with Gasteiger partial charge in [0.05, 0.1) is 11.0 Å². The summed E-state index contributed by atoms with van der Waals surface area (Å²) in [5.41, 5.74) is 11.3. The predicted molar refractivity (Wildman–Crippen MR) is 229 cm³/mol. The van der Waals surface area contributed by atoms with E-state index in [9.17, 15) is 4.79 Å². The second-order valence-electron chi connectivity index (χ2n) is 14.1. The van der Waals surface area contributed by atoms with Gasteiger partial charge >= 0.3 is 5.69 Å². The molecule has 0 radical (unpaired) electrons. The Morgan fingerprint density at radius 2 is 0.679 bits per heavy atom. The molecule has 8 aromatic carbocycles. The number of rotatable bonds is 6. The standard InChI is InChI=1S/C50H35N5O/c1-54-43-30-29-38(31-44(43)55(2)50(54)56)32-21-25-36(26-22-32)48-51-47(35-15-7-4-8-16-35)52-49(53-48)37-27-23-34(24-28-37)46-41-19-11-9-17-39(41)45(33-13-5-3-6-14-33)40-18-10-12-20-42(40)46/h3-31H,1-2H3. The summed E-state index contributed by atoms with van der Waals surface area (Å²) in [5, 5.41) is 4.87. The van der Waals surface area contributed by atoms with E-state index in [1.165, 1.54) is 38.2 Å². The van der Waals surface area contributed by atoms with Crippen LogP contribution in [0.2, 0.25) is 0 Å². The molecule has 0 saturated heterocycles. The molecule has 10 rings (SSSR count). The maximum atomic E-state index is 12.5. The lowest BCUT2D eigenvalue weighted by atomic mass is 9.86. The number of aryl methyl sites for hydroxylation is 2. The molecule has 0 bridgehead atoms. The van der Waals surface area contributed by atoms with Gasteiger partial charge < -0.3 is 0 Å². The summed E-state index contributed by atoms with van der Waals surface area (Å²) in [6, 6.07) is 61.1. The number of fused-ring (bicyclic) bond motifs is 3. The van der Waals surface area contributed by atoms with E-state index in [0.717, 1.165) is 44.4 Å². The minimum atomic E-state index is -0.0403. The molecule has 0 unspecified atom stereocenters. The van der Waals surface area contributed by atoms with Crippen molar-refractivity contribution in [1.82, 2.24) is 24.1 Å². The first kappa shape index (κ1) is 33.2. The van der Waals surface area contributed by atoms with Crippen molar-refractivity contribution in [3.8, 4) is 67.5 Å². The maximum Gasteiger partial charge on any atom is 0.328 e. The van der Waals surface area contributed by atoms with Crippen molar-refractivity contribution in [2.75, 3.05) is 0 Å². The smallest absolute Gasteiger partial charge is 0.295 e. The highest BCUT2D eigenvalue weighted by Crippen LogP contribution is 2.43. The van der Waals surface area contributed by atoms with E-state index in [1.807, 2.05) is 36.4 Å². The third kappa shape index (κ3) is 5.58. The number of imidazole rings is 1. The Kier molecular flexibility index (Phi) is 7.96. The van der Waals surface area contributed by atoms with Crippen molar-refractivity contribution in [1.29, 1.82) is 0 Å². The summed E-state index contributed by atoms with van der Waals surface area (Å²) in [4.78, 5) is 27.6. The van der Waals surface area contributed by atoms with Gasteiger partial charge in [-0.05, 0) is 67.1 Å². The van der Waals surface area contributed by atoms with Crippen molar-refractivity contribution in [2.45, 2.75) is 0 Å². The number of hydrogen-bond acceptors (Lipinski definition) is 4. The monoisotopic (exact) mass is 721 g/mol. The zero-order chi connectivity index (χ0) is 37.8. The molecule has 266 valence electrons. The van der Waals surface area contributed by atoms with Gasteiger partial charge in [0.25, 0.3) is 0 Å². The van der Waals surface area contributed by atoms with Crippen LogP contribution < -0.4 is 5.69 Å². The van der Waals surface area contributed by atoms with E-state index in [2.05, 4.69) is 140 Å². The lowest BCUT2D eigenvalue weighted by molar-refractivity contribution is 0.795. The highest BCUT2D eigenvalue weighted by Gasteiger charge is 2.18. The molecule has 0 N–H and O–H groups in total. The van der Waals surface area contributed by atoms with Crippen LogP contribution in [0.25, 0.3) is 100 Å². The van der Waals surface area contributed by atoms with Crippen LogP contribution >= 0.6 is 0 Å². The van der Waals surface area contributed by atoms with Gasteiger partial charge in [0, 0.05) is 30.8 Å². The van der Waals surface area contributed by atoms with Crippen molar-refractivity contribution in [3.05, 3.63) is 186 Å². The van der Waals surface area contributed by atoms with Crippen molar-refractivity contribution >= 4 is 32.6 Å². The van der Waals surface area contributed by atoms with E-state index < -0.39 is 0 Å². The van der Waals surface area contributed by atoms with E-state index in [-0.39, 0.29) is 5.69 Å². The van der Waals surface area contributed by atoms with E-state index in [0.29, 0.717) is 17.5 Å². The molecule has 0 aliphatic carbocycles. The third-order valence-electron chi connectivity index (χ3n) is 10.8. The fraction of sp³-hybridized carbons (Fsp3) is 0.0400. The van der Waals surface area contributed by atoms with Gasteiger partial charge in [0.2, 0.25) is 0 Å². The Morgan fingerprint density at radius 3 is 1.16 bits per heavy atom. The van der Waals surface area contributed by atoms with E-state index in [4.69, 9.17) is 15.0 Å². The van der Waals surface area contributed by atoms with Crippen LogP contribution in [-0.4, -0.2) is 24.1 Å². The van der Waals surface area contributed by atoms with Crippen molar-refractivity contribution in [3.63, 3.8) is 0 Å². The van der Waals surface area contributed by atoms with Crippen LogP contribution in [0.5, 0.6) is 0 Å². The summed E-state index contributed by atoms with van der Waals surface area (Å²) in [6.45, 7) is 0. The lowest BCUT2D eigenvalue weighted by Gasteiger charge is -2.18. The van der Waals surface area contributed by atoms with Gasteiger partial charge in [-0.2, -0.15) is 0 Å². The molecule has 2 heterocycles. The Hall–Kier alpha value is -7.44. The van der Waals surface area contributed by atoms with Crippen LogP contribution in [0, 0.1) is 0 Å². The normalized spacial score (nSPS) is 11.5. The SMILES string of the molecule is Cn1c(=O)n(C)c2cc(-c3ccc(-c4nc(-c5ccccc5)nc(-c5ccc(-c6c7ccccc7c(-c7ccccc7)c7ccccc67)cc5)n4)cc3)ccc21. The molecule has 0 saturated carbocycles. The molecule has 56 heavy (non-hydrogen) atoms. The summed E-state index contributed by atoms with van der Waals surface area (Å²) >= 11 is 0. The number of hydrogen-bond donors (Lipinski definition) is 0. The minimum Gasteiger partial charge on any atom is -0.295 e. The summed E-state index contributed by atoms with van der Waals surface area (Å²) in [7, 11) is 3.61. The van der Waals surface area contributed by atoms with Crippen LogP contribution in [-0.2, 0) is 14.1 Å². The maximum absolute atomic E-state index is 12.5. The minimum absolute atomic E-state index is 0.0403. The Bertz CT molecular complexity index is 3090. The van der Waals surface area contributed by atoms with E-state index >= 15 is 0 Å². The molecule has 0 aliphatic rings. The molecule has 0 spiro atoms. The number of benzene rings is 8. The van der Waals surface area contributed by atoms with Crippen molar-refractivity contribution < 1.29 is 0 Å². The zero-order valence-corrected chi connectivity index (χ0v) is 30.9. The Morgan fingerprint density at radius 1 is 0.339 bits per heavy atom. The molecule has 2 aromatic heterocycles. The quantitative estimate of drug-likeness (QED) is 0.160. The molecular weight excluding hydrogens is 687 g/mol. The second kappa shape index (κ2) is 13.4. The zero-order valence-electron chi connectivity index (χ0n) is 30.9. The molecule has 6 nitrogen and oxygen atoms in total. The highest BCUT2D eigenvalue weighted by molar-refractivity contribution is 6.21. The van der Waals surface area contributed by atoms with Gasteiger partial charge in [-0.25, -0.2) is 19.7 Å². The second-order valence-corrected chi connectivity index (χ2v) is 14.1. The molecule has 6 heteroatoms. The van der Waals surface area contributed by atoms with Crippen LogP contribution in [0.1, 0.15) is 0 Å². The largest absolute Gasteiger partial charge is 0.328 e. The van der Waals surface area contributed by atoms with Gasteiger partial charge in [-0.1, -0.05) is 164 Å². The summed E-state index contributed by atoms with van der Waals surface area (Å²) < 4.78 is 3.36. The Labute approximate surface area is 323 Å². The summed E-state index contributed by atoms with van der Waals surface area (Å²) in [6.07, 6.45) is 0. The fourth-order valence-electron chi connectivity index (χ4n) is 7.99. The molecule has 0 aliphatic heterocycles. The third-order valence-corrected chi connectivity index (χ3v) is 10.8. The van der Waals surface area contributed by atoms with Crippen LogP contribution in [0.4, 0.5) is 0 Å². The molecule has 0 amide bonds. The highest BCUT2D eigenvalue weighted by atomic mass is 16.1. The van der Waals surface area contributed by atoms with Gasteiger partial charge in [0.15, 0.2) is 17.5 Å². The predicted octanol–water partition coefficient (Wildman–Crippen LogP) is 11.4. The Balaban J connectivity index is 1.06. The molecular formula is C50H35N5O. The van der Waals surface area contributed by atoms with Crippen molar-refractivity contribution in [2.24, 2.45) is 14.1 Å². The van der Waals surface area contributed by atoms with Gasteiger partial charge in [-0.3, -0.25) is 9.13 Å². The van der Waals surface area contributed by atoms with E-state index in [1.54, 1.807) is 23.2 Å². The molecule has 10 aromatic rings. The van der Waals surface area contributed by atoms with Crippen LogP contribution in [0.15, 0.2) is 181 Å². The lowest BCUT2D eigenvalue weighted by Crippen LogP contribution is -2.19. The first-order valence-electron chi connectivity index (χ1n) is 18.7.